The van der Waals surface area contributed by atoms with E-state index in [0.717, 1.165) is 10.0 Å². The highest BCUT2D eigenvalue weighted by molar-refractivity contribution is 9.10. The number of rotatable bonds is 6. The molecule has 132 valence electrons. The van der Waals surface area contributed by atoms with E-state index in [4.69, 9.17) is 4.74 Å². The lowest BCUT2D eigenvalue weighted by Crippen LogP contribution is -2.33. The molecule has 25 heavy (non-hydrogen) atoms. The number of halogens is 1. The molecule has 0 aliphatic rings. The number of carbonyl (C=O) groups excluding carboxylic acids is 1. The molecule has 7 heteroatoms. The topological polar surface area (TPSA) is 72.7 Å². The van der Waals surface area contributed by atoms with E-state index in [-0.39, 0.29) is 24.2 Å². The average molecular weight is 407 g/mol. The normalized spacial score (nSPS) is 11.7. The Labute approximate surface area is 154 Å². The third kappa shape index (κ3) is 4.79. The fourth-order valence-electron chi connectivity index (χ4n) is 2.30. The number of likely N-dealkylation sites (N-methyl/N-ethyl adjacent to an activating group) is 1. The highest BCUT2D eigenvalue weighted by atomic mass is 79.9. The molecule has 0 radical (unpaired) electrons. The number of carbonyl (C=O) groups is 1. The van der Waals surface area contributed by atoms with Gasteiger partial charge in [0.2, 0.25) is 0 Å². The molecule has 0 saturated carbocycles. The standard InChI is InChI=1S/C18H19BrN2O4/c1-12-7-8-17(16(19)9-12)25-11-18(22)20(3)13(2)14-5-4-6-15(10-14)21(23)24/h4-10,13H,11H2,1-3H3/t13-/m0/s1. The predicted octanol–water partition coefficient (Wildman–Crippen LogP) is 4.26. The van der Waals surface area contributed by atoms with Crippen LogP contribution < -0.4 is 4.74 Å². The Bertz CT molecular complexity index is 794. The van der Waals surface area contributed by atoms with E-state index < -0.39 is 4.92 Å². The van der Waals surface area contributed by atoms with Crippen molar-refractivity contribution in [1.29, 1.82) is 0 Å². The molecule has 0 heterocycles. The largest absolute Gasteiger partial charge is 0.483 e. The lowest BCUT2D eigenvalue weighted by atomic mass is 10.1. The quantitative estimate of drug-likeness (QED) is 0.530. The number of ether oxygens (including phenoxy) is 1. The smallest absolute Gasteiger partial charge is 0.269 e. The summed E-state index contributed by atoms with van der Waals surface area (Å²) in [6.07, 6.45) is 0. The molecule has 0 saturated heterocycles. The van der Waals surface area contributed by atoms with E-state index in [1.54, 1.807) is 25.2 Å². The van der Waals surface area contributed by atoms with Gasteiger partial charge in [0, 0.05) is 19.2 Å². The first-order valence-corrected chi connectivity index (χ1v) is 8.48. The van der Waals surface area contributed by atoms with Crippen LogP contribution in [0.3, 0.4) is 0 Å². The van der Waals surface area contributed by atoms with Crippen molar-refractivity contribution in [3.05, 3.63) is 68.2 Å². The van der Waals surface area contributed by atoms with E-state index in [1.807, 2.05) is 26.0 Å². The van der Waals surface area contributed by atoms with Crippen molar-refractivity contribution >= 4 is 27.5 Å². The van der Waals surface area contributed by atoms with Gasteiger partial charge in [-0.05, 0) is 53.0 Å². The van der Waals surface area contributed by atoms with Crippen LogP contribution in [0.1, 0.15) is 24.1 Å². The van der Waals surface area contributed by atoms with Crippen molar-refractivity contribution in [1.82, 2.24) is 4.90 Å². The summed E-state index contributed by atoms with van der Waals surface area (Å²) in [7, 11) is 1.65. The van der Waals surface area contributed by atoms with E-state index in [2.05, 4.69) is 15.9 Å². The van der Waals surface area contributed by atoms with Crippen molar-refractivity contribution in [2.75, 3.05) is 13.7 Å². The highest BCUT2D eigenvalue weighted by Crippen LogP contribution is 2.26. The second kappa shape index (κ2) is 8.11. The molecule has 6 nitrogen and oxygen atoms in total. The lowest BCUT2D eigenvalue weighted by Gasteiger charge is -2.25. The van der Waals surface area contributed by atoms with Crippen LogP contribution in [0.5, 0.6) is 5.75 Å². The second-order valence-electron chi connectivity index (χ2n) is 5.76. The molecular weight excluding hydrogens is 388 g/mol. The average Bonchev–Trinajstić information content (AvgIpc) is 2.59. The molecule has 0 aliphatic heterocycles. The Balaban J connectivity index is 2.03. The van der Waals surface area contributed by atoms with Gasteiger partial charge >= 0.3 is 0 Å². The first-order chi connectivity index (χ1) is 11.8. The number of benzene rings is 2. The Morgan fingerprint density at radius 1 is 1.32 bits per heavy atom. The number of nitrogens with zero attached hydrogens (tertiary/aromatic N) is 2. The van der Waals surface area contributed by atoms with Crippen LogP contribution in [0.15, 0.2) is 46.9 Å². The molecular formula is C18H19BrN2O4. The highest BCUT2D eigenvalue weighted by Gasteiger charge is 2.20. The fourth-order valence-corrected chi connectivity index (χ4v) is 2.91. The zero-order valence-electron chi connectivity index (χ0n) is 14.2. The van der Waals surface area contributed by atoms with Gasteiger partial charge < -0.3 is 9.64 Å². The Morgan fingerprint density at radius 3 is 2.68 bits per heavy atom. The molecule has 2 rings (SSSR count). The number of aryl methyl sites for hydroxylation is 1. The van der Waals surface area contributed by atoms with E-state index in [9.17, 15) is 14.9 Å². The van der Waals surface area contributed by atoms with Gasteiger partial charge in [0.15, 0.2) is 6.61 Å². The summed E-state index contributed by atoms with van der Waals surface area (Å²) in [5.41, 5.74) is 1.79. The molecule has 1 amide bonds. The summed E-state index contributed by atoms with van der Waals surface area (Å²) in [6.45, 7) is 3.67. The van der Waals surface area contributed by atoms with Gasteiger partial charge in [-0.15, -0.1) is 0 Å². The van der Waals surface area contributed by atoms with Crippen LogP contribution in [-0.2, 0) is 4.79 Å². The van der Waals surface area contributed by atoms with Crippen molar-refractivity contribution in [3.63, 3.8) is 0 Å². The van der Waals surface area contributed by atoms with Crippen LogP contribution in [0.2, 0.25) is 0 Å². The number of hydrogen-bond donors (Lipinski definition) is 0. The second-order valence-corrected chi connectivity index (χ2v) is 6.61. The maximum absolute atomic E-state index is 12.4. The molecule has 0 N–H and O–H groups in total. The minimum absolute atomic E-state index is 0.00466. The summed E-state index contributed by atoms with van der Waals surface area (Å²) < 4.78 is 6.36. The molecule has 1 atom stereocenters. The third-order valence-electron chi connectivity index (χ3n) is 3.98. The van der Waals surface area contributed by atoms with Gasteiger partial charge in [-0.3, -0.25) is 14.9 Å². The summed E-state index contributed by atoms with van der Waals surface area (Å²) in [5, 5.41) is 10.9. The summed E-state index contributed by atoms with van der Waals surface area (Å²) in [4.78, 5) is 24.3. The summed E-state index contributed by atoms with van der Waals surface area (Å²) in [5.74, 6) is 0.377. The van der Waals surface area contributed by atoms with Gasteiger partial charge in [0.05, 0.1) is 15.4 Å². The van der Waals surface area contributed by atoms with Crippen LogP contribution >= 0.6 is 15.9 Å². The molecule has 2 aromatic rings. The third-order valence-corrected chi connectivity index (χ3v) is 4.60. The molecule has 0 spiro atoms. The van der Waals surface area contributed by atoms with Gasteiger partial charge in [0.1, 0.15) is 5.75 Å². The molecule has 2 aromatic carbocycles. The Hall–Kier alpha value is -2.41. The maximum Gasteiger partial charge on any atom is 0.269 e. The first-order valence-electron chi connectivity index (χ1n) is 7.68. The minimum Gasteiger partial charge on any atom is -0.483 e. The monoisotopic (exact) mass is 406 g/mol. The summed E-state index contributed by atoms with van der Waals surface area (Å²) in [6, 6.07) is 11.6. The van der Waals surface area contributed by atoms with Crippen molar-refractivity contribution < 1.29 is 14.5 Å². The Morgan fingerprint density at radius 2 is 2.04 bits per heavy atom. The number of hydrogen-bond acceptors (Lipinski definition) is 4. The van der Waals surface area contributed by atoms with Crippen molar-refractivity contribution in [2.24, 2.45) is 0 Å². The van der Waals surface area contributed by atoms with Gasteiger partial charge in [-0.25, -0.2) is 0 Å². The van der Waals surface area contributed by atoms with Crippen LogP contribution in [0.4, 0.5) is 5.69 Å². The molecule has 0 aliphatic carbocycles. The zero-order valence-corrected chi connectivity index (χ0v) is 15.8. The number of non-ortho nitro benzene ring substituents is 1. The molecule has 0 unspecified atom stereocenters. The summed E-state index contributed by atoms with van der Waals surface area (Å²) >= 11 is 3.41. The molecule has 0 bridgehead atoms. The number of nitro benzene ring substituents is 1. The molecule has 0 aromatic heterocycles. The van der Waals surface area contributed by atoms with Crippen LogP contribution in [0.25, 0.3) is 0 Å². The molecule has 0 fully saturated rings. The van der Waals surface area contributed by atoms with E-state index in [0.29, 0.717) is 11.3 Å². The van der Waals surface area contributed by atoms with Crippen LogP contribution in [-0.4, -0.2) is 29.4 Å². The fraction of sp³-hybridized carbons (Fsp3) is 0.278. The van der Waals surface area contributed by atoms with Crippen molar-refractivity contribution in [2.45, 2.75) is 19.9 Å². The van der Waals surface area contributed by atoms with E-state index in [1.165, 1.54) is 17.0 Å². The predicted molar refractivity (Wildman–Crippen MR) is 98.7 cm³/mol. The maximum atomic E-state index is 12.4. The number of nitro groups is 1. The van der Waals surface area contributed by atoms with Crippen LogP contribution in [0, 0.1) is 17.0 Å². The van der Waals surface area contributed by atoms with Gasteiger partial charge in [0.25, 0.3) is 11.6 Å². The van der Waals surface area contributed by atoms with Gasteiger partial charge in [-0.1, -0.05) is 18.2 Å². The number of amides is 1. The SMILES string of the molecule is Cc1ccc(OCC(=O)N(C)[C@@H](C)c2cccc([N+](=O)[O-])c2)c(Br)c1. The van der Waals surface area contributed by atoms with Crippen molar-refractivity contribution in [3.8, 4) is 5.75 Å². The zero-order chi connectivity index (χ0) is 18.6. The van der Waals surface area contributed by atoms with E-state index >= 15 is 0 Å². The first kappa shape index (κ1) is 18.9. The Kier molecular flexibility index (Phi) is 6.14. The van der Waals surface area contributed by atoms with Gasteiger partial charge in [-0.2, -0.15) is 0 Å². The minimum atomic E-state index is -0.448. The lowest BCUT2D eigenvalue weighted by molar-refractivity contribution is -0.384.